The van der Waals surface area contributed by atoms with E-state index in [9.17, 15) is 4.79 Å². The van der Waals surface area contributed by atoms with Gasteiger partial charge in [0, 0.05) is 32.2 Å². The van der Waals surface area contributed by atoms with Crippen molar-refractivity contribution < 1.29 is 14.6 Å². The lowest BCUT2D eigenvalue weighted by Gasteiger charge is -2.40. The topological polar surface area (TPSA) is 76.9 Å². The smallest absolute Gasteiger partial charge is 0.316 e. The summed E-state index contributed by atoms with van der Waals surface area (Å²) < 4.78 is 5.37. The lowest BCUT2D eigenvalue weighted by molar-refractivity contribution is -0.136. The minimum absolute atomic E-state index is 0.389. The second-order valence-electron chi connectivity index (χ2n) is 5.27. The van der Waals surface area contributed by atoms with Crippen LogP contribution in [-0.2, 0) is 9.53 Å². The number of nitrogens with zero attached hydrogens (tertiary/aromatic N) is 2. The van der Waals surface area contributed by atoms with E-state index in [2.05, 4.69) is 4.90 Å². The first-order valence-electron chi connectivity index (χ1n) is 7.12. The Morgan fingerprint density at radius 3 is 2.45 bits per heavy atom. The van der Waals surface area contributed by atoms with Gasteiger partial charge in [-0.2, -0.15) is 0 Å². The van der Waals surface area contributed by atoms with E-state index in [0.717, 1.165) is 64.0 Å². The van der Waals surface area contributed by atoms with Gasteiger partial charge in [-0.1, -0.05) is 11.8 Å². The molecule has 6 nitrogen and oxygen atoms in total. The van der Waals surface area contributed by atoms with Crippen molar-refractivity contribution in [2.45, 2.75) is 31.1 Å². The van der Waals surface area contributed by atoms with Crippen LogP contribution in [0.1, 0.15) is 19.8 Å². The van der Waals surface area contributed by atoms with Crippen LogP contribution < -0.4 is 0 Å². The second kappa shape index (κ2) is 7.28. The molecule has 2 rings (SSSR count). The molecule has 0 amide bonds. The fourth-order valence-electron chi connectivity index (χ4n) is 2.67. The number of aliphatic carboxylic acids is 1. The predicted molar refractivity (Wildman–Crippen MR) is 79.4 cm³/mol. The van der Waals surface area contributed by atoms with Crippen LogP contribution in [0.15, 0.2) is 0 Å². The SMILES string of the molecule is CC(SC(=N)N1CCC(N2CCOCC2)CC1)C(=O)O. The summed E-state index contributed by atoms with van der Waals surface area (Å²) in [6.45, 7) is 6.98. The molecule has 2 heterocycles. The van der Waals surface area contributed by atoms with Gasteiger partial charge in [0.2, 0.25) is 0 Å². The van der Waals surface area contributed by atoms with E-state index in [1.54, 1.807) is 6.92 Å². The molecule has 2 N–H and O–H groups in total. The van der Waals surface area contributed by atoms with Crippen LogP contribution in [0.2, 0.25) is 0 Å². The zero-order valence-corrected chi connectivity index (χ0v) is 12.7. The molecule has 0 spiro atoms. The summed E-state index contributed by atoms with van der Waals surface area (Å²) in [6, 6.07) is 0.588. The largest absolute Gasteiger partial charge is 0.480 e. The molecule has 2 aliphatic rings. The molecule has 0 aromatic heterocycles. The number of hydrogen-bond acceptors (Lipinski definition) is 5. The number of carboxylic acids is 1. The molecular formula is C13H23N3O3S. The van der Waals surface area contributed by atoms with Gasteiger partial charge < -0.3 is 14.7 Å². The van der Waals surface area contributed by atoms with Crippen molar-refractivity contribution in [3.8, 4) is 0 Å². The number of hydrogen-bond donors (Lipinski definition) is 2. The van der Waals surface area contributed by atoms with Crippen LogP contribution in [-0.4, -0.2) is 76.7 Å². The highest BCUT2D eigenvalue weighted by Gasteiger charge is 2.27. The van der Waals surface area contributed by atoms with E-state index in [0.29, 0.717) is 11.2 Å². The third-order valence-corrected chi connectivity index (χ3v) is 4.99. The molecule has 20 heavy (non-hydrogen) atoms. The minimum Gasteiger partial charge on any atom is -0.480 e. The molecule has 0 saturated carbocycles. The molecule has 2 saturated heterocycles. The average molecular weight is 301 g/mol. The van der Waals surface area contributed by atoms with Crippen LogP contribution in [0.4, 0.5) is 0 Å². The number of ether oxygens (including phenoxy) is 1. The molecule has 2 aliphatic heterocycles. The summed E-state index contributed by atoms with van der Waals surface area (Å²) >= 11 is 1.13. The monoisotopic (exact) mass is 301 g/mol. The molecule has 114 valence electrons. The van der Waals surface area contributed by atoms with E-state index in [1.165, 1.54) is 0 Å². The van der Waals surface area contributed by atoms with E-state index >= 15 is 0 Å². The number of morpholine rings is 1. The normalized spacial score (nSPS) is 23.6. The van der Waals surface area contributed by atoms with Gasteiger partial charge in [0.05, 0.1) is 13.2 Å². The van der Waals surface area contributed by atoms with Crippen molar-refractivity contribution >= 4 is 22.9 Å². The summed E-state index contributed by atoms with van der Waals surface area (Å²) in [5.74, 6) is -0.858. The van der Waals surface area contributed by atoms with Gasteiger partial charge in [-0.05, 0) is 19.8 Å². The number of likely N-dealkylation sites (tertiary alicyclic amines) is 1. The number of amidine groups is 1. The second-order valence-corrected chi connectivity index (χ2v) is 6.60. The van der Waals surface area contributed by atoms with E-state index in [1.807, 2.05) is 4.90 Å². The number of piperidine rings is 1. The highest BCUT2D eigenvalue weighted by Crippen LogP contribution is 2.22. The fourth-order valence-corrected chi connectivity index (χ4v) is 3.44. The molecule has 0 radical (unpaired) electrons. The van der Waals surface area contributed by atoms with Gasteiger partial charge in [-0.3, -0.25) is 15.1 Å². The molecule has 1 atom stereocenters. The molecule has 1 unspecified atom stereocenters. The van der Waals surface area contributed by atoms with Crippen molar-refractivity contribution in [1.29, 1.82) is 5.41 Å². The number of thioether (sulfide) groups is 1. The van der Waals surface area contributed by atoms with Crippen LogP contribution in [0, 0.1) is 5.41 Å². The lowest BCUT2D eigenvalue weighted by Crippen LogP contribution is -2.49. The Morgan fingerprint density at radius 1 is 1.30 bits per heavy atom. The van der Waals surface area contributed by atoms with Crippen LogP contribution in [0.25, 0.3) is 0 Å². The van der Waals surface area contributed by atoms with Gasteiger partial charge in [0.25, 0.3) is 0 Å². The Morgan fingerprint density at radius 2 is 1.90 bits per heavy atom. The van der Waals surface area contributed by atoms with Crippen molar-refractivity contribution in [2.24, 2.45) is 0 Å². The summed E-state index contributed by atoms with van der Waals surface area (Å²) in [7, 11) is 0. The van der Waals surface area contributed by atoms with Crippen LogP contribution in [0.5, 0.6) is 0 Å². The quantitative estimate of drug-likeness (QED) is 0.596. The maximum atomic E-state index is 10.8. The van der Waals surface area contributed by atoms with Gasteiger partial charge >= 0.3 is 5.97 Å². The number of nitrogens with one attached hydrogen (secondary N) is 1. The Bertz CT molecular complexity index is 353. The molecule has 0 bridgehead atoms. The maximum absolute atomic E-state index is 10.8. The zero-order valence-electron chi connectivity index (χ0n) is 11.9. The third kappa shape index (κ3) is 4.10. The first-order chi connectivity index (χ1) is 9.58. The summed E-state index contributed by atoms with van der Waals surface area (Å²) in [6.07, 6.45) is 2.09. The van der Waals surface area contributed by atoms with Crippen molar-refractivity contribution in [1.82, 2.24) is 9.80 Å². The minimum atomic E-state index is -0.858. The van der Waals surface area contributed by atoms with Gasteiger partial charge in [0.15, 0.2) is 5.17 Å². The molecule has 2 fully saturated rings. The first-order valence-corrected chi connectivity index (χ1v) is 8.00. The Labute approximate surface area is 124 Å². The standard InChI is InChI=1S/C13H23N3O3S/c1-10(12(17)18)20-13(14)16-4-2-11(3-5-16)15-6-8-19-9-7-15/h10-11,14H,2-9H2,1H3,(H,17,18). The van der Waals surface area contributed by atoms with Crippen molar-refractivity contribution in [2.75, 3.05) is 39.4 Å². The molecule has 0 aliphatic carbocycles. The number of rotatable bonds is 3. The first kappa shape index (κ1) is 15.6. The Hall–Kier alpha value is -0.790. The van der Waals surface area contributed by atoms with Crippen molar-refractivity contribution in [3.63, 3.8) is 0 Å². The summed E-state index contributed by atoms with van der Waals surface area (Å²) in [4.78, 5) is 15.3. The summed E-state index contributed by atoms with van der Waals surface area (Å²) in [5.41, 5.74) is 0. The van der Waals surface area contributed by atoms with Gasteiger partial charge in [0.1, 0.15) is 5.25 Å². The average Bonchev–Trinajstić information content (AvgIpc) is 2.48. The van der Waals surface area contributed by atoms with E-state index in [4.69, 9.17) is 15.3 Å². The zero-order chi connectivity index (χ0) is 14.5. The molecule has 0 aromatic carbocycles. The summed E-state index contributed by atoms with van der Waals surface area (Å²) in [5, 5.41) is 16.7. The Kier molecular flexibility index (Phi) is 5.68. The van der Waals surface area contributed by atoms with Crippen molar-refractivity contribution in [3.05, 3.63) is 0 Å². The predicted octanol–water partition coefficient (Wildman–Crippen LogP) is 0.924. The van der Waals surface area contributed by atoms with Crippen LogP contribution >= 0.6 is 11.8 Å². The Balaban J connectivity index is 1.75. The third-order valence-electron chi connectivity index (χ3n) is 3.95. The van der Waals surface area contributed by atoms with E-state index < -0.39 is 11.2 Å². The fraction of sp³-hybridized carbons (Fsp3) is 0.846. The molecular weight excluding hydrogens is 278 g/mol. The number of carboxylic acid groups (broad SMARTS) is 1. The maximum Gasteiger partial charge on any atom is 0.316 e. The number of carbonyl (C=O) groups is 1. The highest BCUT2D eigenvalue weighted by molar-refractivity contribution is 8.14. The molecule has 0 aromatic rings. The lowest BCUT2D eigenvalue weighted by atomic mass is 10.0. The van der Waals surface area contributed by atoms with Crippen LogP contribution in [0.3, 0.4) is 0 Å². The van der Waals surface area contributed by atoms with E-state index in [-0.39, 0.29) is 0 Å². The molecule has 7 heteroatoms. The van der Waals surface area contributed by atoms with Gasteiger partial charge in [-0.15, -0.1) is 0 Å². The highest BCUT2D eigenvalue weighted by atomic mass is 32.2. The van der Waals surface area contributed by atoms with Gasteiger partial charge in [-0.25, -0.2) is 0 Å².